The number of aryl methyl sites for hydroxylation is 2. The number of thioether (sulfide) groups is 1. The summed E-state index contributed by atoms with van der Waals surface area (Å²) in [6, 6.07) is 16.0. The molecule has 4 aromatic rings. The van der Waals surface area contributed by atoms with Crippen LogP contribution in [-0.2, 0) is 16.1 Å². The summed E-state index contributed by atoms with van der Waals surface area (Å²) in [5.74, 6) is -0.107. The second-order valence-corrected chi connectivity index (χ2v) is 9.90. The van der Waals surface area contributed by atoms with Crippen LogP contribution in [0.25, 0.3) is 21.5 Å². The number of anilines is 1. The average molecular weight is 483 g/mol. The Balaban J connectivity index is 1.33. The molecular weight excluding hydrogens is 460 g/mol. The van der Waals surface area contributed by atoms with Crippen LogP contribution in [0, 0.1) is 6.92 Å². The fourth-order valence-corrected chi connectivity index (χ4v) is 5.71. The molecule has 0 bridgehead atoms. The maximum atomic E-state index is 12.4. The zero-order chi connectivity index (χ0) is 22.5. The number of hydrogen-bond donors (Lipinski definition) is 1. The summed E-state index contributed by atoms with van der Waals surface area (Å²) in [4.78, 5) is 34.1. The Morgan fingerprint density at radius 2 is 1.97 bits per heavy atom. The lowest BCUT2D eigenvalue weighted by Crippen LogP contribution is -2.18. The van der Waals surface area contributed by atoms with Crippen molar-refractivity contribution in [2.24, 2.45) is 4.99 Å². The standard InChI is InChI=1S/C23H22N4O2S3/c1-3-27-18-10-9-15(2)11-19(18)32-23(27)26-21(29)14-30-13-20(28)25-22-24-17(12-31-22)16-7-5-4-6-8-16/h4-12H,3,13-14H2,1-2H3,(H,24,25,28). The van der Waals surface area contributed by atoms with Gasteiger partial charge in [0, 0.05) is 17.5 Å². The highest BCUT2D eigenvalue weighted by molar-refractivity contribution is 8.00. The van der Waals surface area contributed by atoms with Gasteiger partial charge in [0.05, 0.1) is 27.4 Å². The fourth-order valence-electron chi connectivity index (χ4n) is 3.17. The molecule has 0 aliphatic rings. The summed E-state index contributed by atoms with van der Waals surface area (Å²) in [6.07, 6.45) is 0. The predicted molar refractivity (Wildman–Crippen MR) is 134 cm³/mol. The van der Waals surface area contributed by atoms with E-state index in [1.54, 1.807) is 0 Å². The van der Waals surface area contributed by atoms with Crippen LogP contribution in [-0.4, -0.2) is 32.9 Å². The third kappa shape index (κ3) is 5.35. The predicted octanol–water partition coefficient (Wildman–Crippen LogP) is 4.95. The molecule has 0 atom stereocenters. The lowest BCUT2D eigenvalue weighted by Gasteiger charge is -2.01. The summed E-state index contributed by atoms with van der Waals surface area (Å²) in [7, 11) is 0. The highest BCUT2D eigenvalue weighted by atomic mass is 32.2. The van der Waals surface area contributed by atoms with Gasteiger partial charge in [-0.1, -0.05) is 47.7 Å². The van der Waals surface area contributed by atoms with Gasteiger partial charge in [0.15, 0.2) is 9.93 Å². The van der Waals surface area contributed by atoms with E-state index < -0.39 is 0 Å². The number of thiazole rings is 2. The Labute approximate surface area is 198 Å². The number of nitrogens with zero attached hydrogens (tertiary/aromatic N) is 3. The Hall–Kier alpha value is -2.75. The van der Waals surface area contributed by atoms with Gasteiger partial charge in [0.2, 0.25) is 5.91 Å². The van der Waals surface area contributed by atoms with Crippen LogP contribution in [0.1, 0.15) is 12.5 Å². The van der Waals surface area contributed by atoms with Gasteiger partial charge in [-0.25, -0.2) is 4.98 Å². The van der Waals surface area contributed by atoms with Crippen LogP contribution < -0.4 is 10.1 Å². The van der Waals surface area contributed by atoms with Crippen molar-refractivity contribution in [3.8, 4) is 11.3 Å². The molecule has 32 heavy (non-hydrogen) atoms. The normalized spacial score (nSPS) is 11.8. The Morgan fingerprint density at radius 3 is 2.75 bits per heavy atom. The topological polar surface area (TPSA) is 76.3 Å². The molecule has 0 saturated heterocycles. The molecule has 2 heterocycles. The van der Waals surface area contributed by atoms with Crippen molar-refractivity contribution in [1.82, 2.24) is 9.55 Å². The monoisotopic (exact) mass is 482 g/mol. The number of carbonyl (C=O) groups excluding carboxylic acids is 2. The highest BCUT2D eigenvalue weighted by Crippen LogP contribution is 2.24. The van der Waals surface area contributed by atoms with Crippen molar-refractivity contribution >= 4 is 61.6 Å². The molecule has 6 nitrogen and oxygen atoms in total. The van der Waals surface area contributed by atoms with Gasteiger partial charge < -0.3 is 9.88 Å². The van der Waals surface area contributed by atoms with Gasteiger partial charge in [-0.05, 0) is 31.5 Å². The van der Waals surface area contributed by atoms with E-state index in [0.717, 1.165) is 28.0 Å². The van der Waals surface area contributed by atoms with Crippen molar-refractivity contribution in [2.45, 2.75) is 20.4 Å². The molecule has 0 aliphatic heterocycles. The second-order valence-electron chi connectivity index (χ2n) is 7.05. The summed E-state index contributed by atoms with van der Waals surface area (Å²) in [5.41, 5.74) is 4.10. The van der Waals surface area contributed by atoms with Crippen molar-refractivity contribution in [3.63, 3.8) is 0 Å². The molecule has 9 heteroatoms. The molecule has 0 fully saturated rings. The van der Waals surface area contributed by atoms with Crippen LogP contribution in [0.3, 0.4) is 0 Å². The number of amides is 2. The number of rotatable bonds is 7. The first kappa shape index (κ1) is 22.4. The lowest BCUT2D eigenvalue weighted by molar-refractivity contribution is -0.115. The molecule has 164 valence electrons. The molecule has 2 amide bonds. The van der Waals surface area contributed by atoms with Gasteiger partial charge >= 0.3 is 0 Å². The summed E-state index contributed by atoms with van der Waals surface area (Å²) in [5, 5.41) is 5.26. The average Bonchev–Trinajstić information content (AvgIpc) is 3.37. The number of hydrogen-bond acceptors (Lipinski definition) is 6. The Kier molecular flexibility index (Phi) is 7.19. The number of carbonyl (C=O) groups is 2. The largest absolute Gasteiger partial charge is 0.317 e. The first-order chi connectivity index (χ1) is 15.5. The van der Waals surface area contributed by atoms with Gasteiger partial charge in [0.1, 0.15) is 0 Å². The zero-order valence-electron chi connectivity index (χ0n) is 17.7. The van der Waals surface area contributed by atoms with Gasteiger partial charge in [-0.2, -0.15) is 4.99 Å². The minimum absolute atomic E-state index is 0.150. The lowest BCUT2D eigenvalue weighted by atomic mass is 10.2. The van der Waals surface area contributed by atoms with E-state index in [9.17, 15) is 9.59 Å². The minimum atomic E-state index is -0.242. The Bertz CT molecular complexity index is 1320. The van der Waals surface area contributed by atoms with Crippen LogP contribution in [0.4, 0.5) is 5.13 Å². The molecule has 0 radical (unpaired) electrons. The molecule has 4 rings (SSSR count). The van der Waals surface area contributed by atoms with Crippen molar-refractivity contribution in [2.75, 3.05) is 16.8 Å². The first-order valence-electron chi connectivity index (χ1n) is 10.1. The molecule has 0 saturated carbocycles. The summed E-state index contributed by atoms with van der Waals surface area (Å²) < 4.78 is 3.16. The smallest absolute Gasteiger partial charge is 0.258 e. The molecule has 2 aromatic heterocycles. The molecular formula is C23H22N4O2S3. The van der Waals surface area contributed by atoms with Crippen LogP contribution >= 0.6 is 34.4 Å². The number of fused-ring (bicyclic) bond motifs is 1. The van der Waals surface area contributed by atoms with Crippen molar-refractivity contribution in [3.05, 3.63) is 64.3 Å². The first-order valence-corrected chi connectivity index (χ1v) is 12.9. The number of benzene rings is 2. The van der Waals surface area contributed by atoms with Crippen LogP contribution in [0.15, 0.2) is 58.9 Å². The van der Waals surface area contributed by atoms with Crippen molar-refractivity contribution < 1.29 is 9.59 Å². The second kappa shape index (κ2) is 10.2. The number of nitrogens with one attached hydrogen (secondary N) is 1. The van der Waals surface area contributed by atoms with E-state index in [1.807, 2.05) is 54.1 Å². The van der Waals surface area contributed by atoms with E-state index in [0.29, 0.717) is 9.93 Å². The minimum Gasteiger partial charge on any atom is -0.317 e. The third-order valence-corrected chi connectivity index (χ3v) is 7.37. The van der Waals surface area contributed by atoms with Gasteiger partial charge in [0.25, 0.3) is 5.91 Å². The van der Waals surface area contributed by atoms with Crippen molar-refractivity contribution in [1.29, 1.82) is 0 Å². The van der Waals surface area contributed by atoms with Crippen LogP contribution in [0.2, 0.25) is 0 Å². The maximum absolute atomic E-state index is 12.4. The van der Waals surface area contributed by atoms with E-state index in [-0.39, 0.29) is 23.3 Å². The van der Waals surface area contributed by atoms with Crippen LogP contribution in [0.5, 0.6) is 0 Å². The van der Waals surface area contributed by atoms with E-state index in [1.165, 1.54) is 40.0 Å². The quantitative estimate of drug-likeness (QED) is 0.404. The molecule has 0 spiro atoms. The molecule has 2 aromatic carbocycles. The maximum Gasteiger partial charge on any atom is 0.258 e. The van der Waals surface area contributed by atoms with E-state index >= 15 is 0 Å². The highest BCUT2D eigenvalue weighted by Gasteiger charge is 2.11. The zero-order valence-corrected chi connectivity index (χ0v) is 20.1. The molecule has 0 unspecified atom stereocenters. The molecule has 0 aliphatic carbocycles. The van der Waals surface area contributed by atoms with Gasteiger partial charge in [-0.15, -0.1) is 23.1 Å². The van der Waals surface area contributed by atoms with E-state index in [2.05, 4.69) is 33.5 Å². The third-order valence-electron chi connectivity index (χ3n) is 4.65. The van der Waals surface area contributed by atoms with Gasteiger partial charge in [-0.3, -0.25) is 9.59 Å². The molecule has 1 N–H and O–H groups in total. The fraction of sp³-hybridized carbons (Fsp3) is 0.217. The summed E-state index contributed by atoms with van der Waals surface area (Å²) >= 11 is 4.15. The Morgan fingerprint density at radius 1 is 1.16 bits per heavy atom. The number of aromatic nitrogens is 2. The SMILES string of the molecule is CCn1c(=NC(=O)CSCC(=O)Nc2nc(-c3ccccc3)cs2)sc2cc(C)ccc21. The van der Waals surface area contributed by atoms with E-state index in [4.69, 9.17) is 0 Å². The summed E-state index contributed by atoms with van der Waals surface area (Å²) in [6.45, 7) is 4.83.